The van der Waals surface area contributed by atoms with Crippen LogP contribution in [0.25, 0.3) is 0 Å². The zero-order valence-corrected chi connectivity index (χ0v) is 21.1. The summed E-state index contributed by atoms with van der Waals surface area (Å²) in [5, 5.41) is 2.71. The van der Waals surface area contributed by atoms with Crippen LogP contribution in [0.5, 0.6) is 0 Å². The monoisotopic (exact) mass is 466 g/mol. The fourth-order valence-electron chi connectivity index (χ4n) is 2.43. The van der Waals surface area contributed by atoms with Gasteiger partial charge in [0.15, 0.2) is 0 Å². The first-order chi connectivity index (χ1) is 16.5. The van der Waals surface area contributed by atoms with Crippen molar-refractivity contribution >= 4 is 23.9 Å². The number of para-hydroxylation sites is 2. The standard InChI is InChI=1S/C15H16N2O2.C8H10N2O.2C2H6/c1-12-4-6-13(7-5-12)10-17-15(18)19-11-14-3-2-8-16-9-14;1-10(6-11)8-5-3-2-4-7(8)9;2*1-2/h2-9H,10-11H2,1H3,(H,17,18);2-6H,9H2,1H3;2*1-2H3. The van der Waals surface area contributed by atoms with Gasteiger partial charge >= 0.3 is 6.09 Å². The smallest absolute Gasteiger partial charge is 0.407 e. The Morgan fingerprint density at radius 1 is 1.00 bits per heavy atom. The van der Waals surface area contributed by atoms with Gasteiger partial charge in [0.25, 0.3) is 0 Å². The Bertz CT molecular complexity index is 932. The van der Waals surface area contributed by atoms with Gasteiger partial charge in [0, 0.05) is 31.5 Å². The summed E-state index contributed by atoms with van der Waals surface area (Å²) in [7, 11) is 1.67. The SMILES string of the molecule is CC.CC.CN(C=O)c1ccccc1N.Cc1ccc(CNC(=O)OCc2cccnc2)cc1. The Kier molecular flexibility index (Phi) is 16.6. The van der Waals surface area contributed by atoms with E-state index in [1.807, 2.05) is 83.1 Å². The summed E-state index contributed by atoms with van der Waals surface area (Å²) < 4.78 is 5.08. The molecule has 0 aliphatic carbocycles. The molecule has 1 aromatic heterocycles. The minimum atomic E-state index is -0.426. The highest BCUT2D eigenvalue weighted by molar-refractivity contribution is 5.81. The van der Waals surface area contributed by atoms with Gasteiger partial charge in [-0.2, -0.15) is 0 Å². The lowest BCUT2D eigenvalue weighted by Gasteiger charge is -2.12. The molecule has 0 unspecified atom stereocenters. The predicted octanol–water partition coefficient (Wildman–Crippen LogP) is 5.73. The van der Waals surface area contributed by atoms with Crippen molar-refractivity contribution in [2.75, 3.05) is 17.7 Å². The summed E-state index contributed by atoms with van der Waals surface area (Å²) in [6.07, 6.45) is 3.66. The second kappa shape index (κ2) is 18.7. The number of pyridine rings is 1. The molecule has 0 bridgehead atoms. The lowest BCUT2D eigenvalue weighted by molar-refractivity contribution is -0.107. The van der Waals surface area contributed by atoms with Crippen LogP contribution in [0.15, 0.2) is 73.1 Å². The highest BCUT2D eigenvalue weighted by atomic mass is 16.5. The van der Waals surface area contributed by atoms with Crippen molar-refractivity contribution in [2.45, 2.75) is 47.8 Å². The molecule has 7 heteroatoms. The first kappa shape index (κ1) is 30.1. The zero-order chi connectivity index (χ0) is 25.8. The third-order valence-corrected chi connectivity index (χ3v) is 4.13. The van der Waals surface area contributed by atoms with E-state index in [9.17, 15) is 9.59 Å². The Hall–Kier alpha value is -3.87. The molecule has 0 spiro atoms. The lowest BCUT2D eigenvalue weighted by Crippen LogP contribution is -2.23. The summed E-state index contributed by atoms with van der Waals surface area (Å²) in [5.41, 5.74) is 10.1. The number of nitrogens with one attached hydrogen (secondary N) is 1. The number of nitrogen functional groups attached to an aromatic ring is 1. The average Bonchev–Trinajstić information content (AvgIpc) is 2.90. The highest BCUT2D eigenvalue weighted by Gasteiger charge is 2.03. The normalized spacial score (nSPS) is 8.88. The second-order valence-corrected chi connectivity index (χ2v) is 6.55. The molecule has 34 heavy (non-hydrogen) atoms. The van der Waals surface area contributed by atoms with Gasteiger partial charge in [-0.3, -0.25) is 9.78 Å². The first-order valence-electron chi connectivity index (χ1n) is 11.4. The van der Waals surface area contributed by atoms with Gasteiger partial charge < -0.3 is 20.7 Å². The van der Waals surface area contributed by atoms with Crippen molar-refractivity contribution in [1.82, 2.24) is 10.3 Å². The molecule has 0 saturated heterocycles. The van der Waals surface area contributed by atoms with Crippen LogP contribution in [0, 0.1) is 6.92 Å². The molecule has 0 saturated carbocycles. The van der Waals surface area contributed by atoms with Crippen molar-refractivity contribution in [1.29, 1.82) is 0 Å². The molecular formula is C27H38N4O3. The predicted molar refractivity (Wildman–Crippen MR) is 140 cm³/mol. The number of benzene rings is 2. The molecule has 1 heterocycles. The van der Waals surface area contributed by atoms with Gasteiger partial charge in [-0.25, -0.2) is 4.79 Å². The van der Waals surface area contributed by atoms with Crippen molar-refractivity contribution < 1.29 is 14.3 Å². The molecule has 3 rings (SSSR count). The average molecular weight is 467 g/mol. The molecule has 2 amide bonds. The van der Waals surface area contributed by atoms with E-state index in [0.717, 1.165) is 23.2 Å². The highest BCUT2D eigenvalue weighted by Crippen LogP contribution is 2.19. The van der Waals surface area contributed by atoms with Gasteiger partial charge in [-0.15, -0.1) is 0 Å². The number of nitrogens with zero attached hydrogens (tertiary/aromatic N) is 2. The Balaban J connectivity index is 0.000000618. The number of rotatable bonds is 6. The summed E-state index contributed by atoms with van der Waals surface area (Å²) in [5.74, 6) is 0. The van der Waals surface area contributed by atoms with E-state index >= 15 is 0 Å². The summed E-state index contributed by atoms with van der Waals surface area (Å²) in [4.78, 5) is 27.2. The maximum atomic E-state index is 11.5. The van der Waals surface area contributed by atoms with E-state index < -0.39 is 6.09 Å². The van der Waals surface area contributed by atoms with Gasteiger partial charge in [0.1, 0.15) is 6.61 Å². The number of carbonyl (C=O) groups excluding carboxylic acids is 2. The van der Waals surface area contributed by atoms with Crippen LogP contribution in [0.4, 0.5) is 16.2 Å². The van der Waals surface area contributed by atoms with Crippen LogP contribution < -0.4 is 16.0 Å². The number of ether oxygens (including phenoxy) is 1. The Morgan fingerprint density at radius 3 is 2.21 bits per heavy atom. The molecule has 184 valence electrons. The zero-order valence-electron chi connectivity index (χ0n) is 21.1. The number of alkyl carbamates (subject to hydrolysis) is 1. The summed E-state index contributed by atoms with van der Waals surface area (Å²) in [6.45, 7) is 10.7. The van der Waals surface area contributed by atoms with E-state index in [1.54, 1.807) is 31.6 Å². The van der Waals surface area contributed by atoms with Crippen LogP contribution in [0.1, 0.15) is 44.4 Å². The molecule has 2 aromatic carbocycles. The third-order valence-electron chi connectivity index (χ3n) is 4.13. The quantitative estimate of drug-likeness (QED) is 0.357. The molecule has 0 atom stereocenters. The number of hydrogen-bond donors (Lipinski definition) is 2. The fourth-order valence-corrected chi connectivity index (χ4v) is 2.43. The second-order valence-electron chi connectivity index (χ2n) is 6.55. The third kappa shape index (κ3) is 12.2. The number of aryl methyl sites for hydroxylation is 1. The maximum absolute atomic E-state index is 11.5. The number of hydrogen-bond acceptors (Lipinski definition) is 5. The van der Waals surface area contributed by atoms with Gasteiger partial charge in [0.05, 0.1) is 11.4 Å². The minimum absolute atomic E-state index is 0.230. The molecular weight excluding hydrogens is 428 g/mol. The van der Waals surface area contributed by atoms with Crippen LogP contribution in [0.3, 0.4) is 0 Å². The topological polar surface area (TPSA) is 97.6 Å². The number of anilines is 2. The van der Waals surface area contributed by atoms with Gasteiger partial charge in [-0.1, -0.05) is 75.7 Å². The molecule has 7 nitrogen and oxygen atoms in total. The number of aromatic nitrogens is 1. The molecule has 0 radical (unpaired) electrons. The number of nitrogens with two attached hydrogens (primary N) is 1. The lowest BCUT2D eigenvalue weighted by atomic mass is 10.1. The van der Waals surface area contributed by atoms with Gasteiger partial charge in [0.2, 0.25) is 6.41 Å². The van der Waals surface area contributed by atoms with Gasteiger partial charge in [-0.05, 0) is 30.7 Å². The van der Waals surface area contributed by atoms with E-state index in [2.05, 4.69) is 10.3 Å². The van der Waals surface area contributed by atoms with E-state index in [0.29, 0.717) is 12.2 Å². The van der Waals surface area contributed by atoms with E-state index in [4.69, 9.17) is 10.5 Å². The summed E-state index contributed by atoms with van der Waals surface area (Å²) >= 11 is 0. The van der Waals surface area contributed by atoms with Crippen LogP contribution >= 0.6 is 0 Å². The van der Waals surface area contributed by atoms with Crippen molar-refractivity contribution in [3.8, 4) is 0 Å². The fraction of sp³-hybridized carbons (Fsp3) is 0.296. The minimum Gasteiger partial charge on any atom is -0.445 e. The van der Waals surface area contributed by atoms with Crippen molar-refractivity contribution in [3.05, 3.63) is 89.7 Å². The largest absolute Gasteiger partial charge is 0.445 e. The molecule has 3 N–H and O–H groups in total. The van der Waals surface area contributed by atoms with E-state index in [1.165, 1.54) is 10.5 Å². The van der Waals surface area contributed by atoms with Crippen molar-refractivity contribution in [2.24, 2.45) is 0 Å². The number of carbonyl (C=O) groups is 2. The van der Waals surface area contributed by atoms with E-state index in [-0.39, 0.29) is 6.61 Å². The number of amides is 2. The molecule has 3 aromatic rings. The molecule has 0 aliphatic rings. The summed E-state index contributed by atoms with van der Waals surface area (Å²) in [6, 6.07) is 18.9. The first-order valence-corrected chi connectivity index (χ1v) is 11.4. The Morgan fingerprint density at radius 2 is 1.65 bits per heavy atom. The Labute approximate surface area is 204 Å². The van der Waals surface area contributed by atoms with Crippen molar-refractivity contribution in [3.63, 3.8) is 0 Å². The van der Waals surface area contributed by atoms with Crippen LogP contribution in [-0.4, -0.2) is 24.5 Å². The maximum Gasteiger partial charge on any atom is 0.407 e. The van der Waals surface area contributed by atoms with Crippen LogP contribution in [0.2, 0.25) is 0 Å². The van der Waals surface area contributed by atoms with Crippen LogP contribution in [-0.2, 0) is 22.7 Å². The molecule has 0 fully saturated rings. The molecule has 0 aliphatic heterocycles.